The fraction of sp³-hybridized carbons (Fsp3) is 0.350. The number of nitrogens with zero attached hydrogens (tertiary/aromatic N) is 2. The van der Waals surface area contributed by atoms with Gasteiger partial charge in [0.15, 0.2) is 0 Å². The van der Waals surface area contributed by atoms with Crippen LogP contribution < -0.4 is 5.32 Å². The molecule has 0 radical (unpaired) electrons. The molecule has 142 valence electrons. The Bertz CT molecular complexity index is 802. The summed E-state index contributed by atoms with van der Waals surface area (Å²) in [5.74, 6) is -0.0174. The summed E-state index contributed by atoms with van der Waals surface area (Å²) in [6.07, 6.45) is 1.10. The van der Waals surface area contributed by atoms with Crippen LogP contribution >= 0.6 is 11.3 Å². The number of amides is 3. The molecule has 0 aliphatic carbocycles. The second-order valence-electron chi connectivity index (χ2n) is 6.59. The Morgan fingerprint density at radius 2 is 1.70 bits per heavy atom. The van der Waals surface area contributed by atoms with E-state index in [1.165, 1.54) is 18.3 Å². The number of anilines is 1. The molecule has 6 nitrogen and oxygen atoms in total. The van der Waals surface area contributed by atoms with Gasteiger partial charge in [0.05, 0.1) is 12.0 Å². The first-order valence-corrected chi connectivity index (χ1v) is 9.93. The van der Waals surface area contributed by atoms with Crippen molar-refractivity contribution in [2.75, 3.05) is 31.5 Å². The lowest BCUT2D eigenvalue weighted by atomic mass is 10.1. The molecule has 1 aromatic carbocycles. The van der Waals surface area contributed by atoms with Crippen LogP contribution in [-0.4, -0.2) is 53.7 Å². The summed E-state index contributed by atoms with van der Waals surface area (Å²) in [6.45, 7) is 3.91. The number of hydrogen-bond donors (Lipinski definition) is 1. The highest BCUT2D eigenvalue weighted by Gasteiger charge is 2.23. The molecule has 0 unspecified atom stereocenters. The minimum absolute atomic E-state index is 0.0408. The van der Waals surface area contributed by atoms with Crippen LogP contribution in [0.25, 0.3) is 0 Å². The summed E-state index contributed by atoms with van der Waals surface area (Å²) in [6, 6.07) is 9.15. The lowest BCUT2D eigenvalue weighted by Gasteiger charge is -2.22. The van der Waals surface area contributed by atoms with Crippen molar-refractivity contribution in [3.05, 3.63) is 52.2 Å². The largest absolute Gasteiger partial charge is 0.341 e. The third kappa shape index (κ3) is 5.17. The van der Waals surface area contributed by atoms with Gasteiger partial charge in [0.1, 0.15) is 0 Å². The minimum Gasteiger partial charge on any atom is -0.341 e. The van der Waals surface area contributed by atoms with Gasteiger partial charge in [0, 0.05) is 44.2 Å². The summed E-state index contributed by atoms with van der Waals surface area (Å²) in [5.41, 5.74) is 2.35. The molecule has 0 atom stereocenters. The third-order valence-electron chi connectivity index (χ3n) is 4.53. The number of carbonyl (C=O) groups excluding carboxylic acids is 3. The van der Waals surface area contributed by atoms with E-state index in [2.05, 4.69) is 5.32 Å². The van der Waals surface area contributed by atoms with Crippen LogP contribution in [0.1, 0.15) is 29.3 Å². The van der Waals surface area contributed by atoms with Gasteiger partial charge in [-0.25, -0.2) is 0 Å². The number of nitrogens with one attached hydrogen (secondary N) is 1. The van der Waals surface area contributed by atoms with E-state index in [0.717, 1.165) is 23.2 Å². The van der Waals surface area contributed by atoms with Crippen molar-refractivity contribution in [2.24, 2.45) is 0 Å². The van der Waals surface area contributed by atoms with Gasteiger partial charge < -0.3 is 15.1 Å². The zero-order chi connectivity index (χ0) is 19.2. The van der Waals surface area contributed by atoms with Crippen LogP contribution in [0.5, 0.6) is 0 Å². The van der Waals surface area contributed by atoms with E-state index in [1.807, 2.05) is 38.8 Å². The van der Waals surface area contributed by atoms with Gasteiger partial charge in [-0.3, -0.25) is 14.4 Å². The molecule has 27 heavy (non-hydrogen) atoms. The molecule has 1 fully saturated rings. The molecular weight excluding hydrogens is 362 g/mol. The van der Waals surface area contributed by atoms with E-state index >= 15 is 0 Å². The zero-order valence-electron chi connectivity index (χ0n) is 15.3. The normalized spacial score (nSPS) is 14.6. The molecule has 0 saturated carbocycles. The fourth-order valence-electron chi connectivity index (χ4n) is 3.13. The van der Waals surface area contributed by atoms with Crippen molar-refractivity contribution in [2.45, 2.75) is 19.8 Å². The lowest BCUT2D eigenvalue weighted by Crippen LogP contribution is -2.37. The number of hydrogen-bond acceptors (Lipinski definition) is 4. The van der Waals surface area contributed by atoms with Gasteiger partial charge in [0.25, 0.3) is 5.91 Å². The standard InChI is InChI=1S/C20H23N3O3S/c1-15(24)21-18-5-3-16(4-6-18)13-19(25)22-8-2-9-23(11-10-22)20(26)17-7-12-27-14-17/h3-7,12,14H,2,8-11,13H2,1H3,(H,21,24). The minimum atomic E-state index is -0.120. The Morgan fingerprint density at radius 3 is 2.37 bits per heavy atom. The lowest BCUT2D eigenvalue weighted by molar-refractivity contribution is -0.130. The first kappa shape index (κ1) is 19.1. The van der Waals surface area contributed by atoms with Crippen molar-refractivity contribution >= 4 is 34.7 Å². The van der Waals surface area contributed by atoms with Crippen molar-refractivity contribution in [1.29, 1.82) is 0 Å². The number of carbonyl (C=O) groups is 3. The first-order chi connectivity index (χ1) is 13.0. The molecule has 1 aliphatic rings. The second-order valence-corrected chi connectivity index (χ2v) is 7.37. The van der Waals surface area contributed by atoms with Crippen LogP contribution in [0.15, 0.2) is 41.1 Å². The summed E-state index contributed by atoms with van der Waals surface area (Å²) < 4.78 is 0. The third-order valence-corrected chi connectivity index (χ3v) is 5.22. The number of benzene rings is 1. The Labute approximate surface area is 162 Å². The van der Waals surface area contributed by atoms with E-state index in [-0.39, 0.29) is 17.7 Å². The van der Waals surface area contributed by atoms with Crippen molar-refractivity contribution in [1.82, 2.24) is 9.80 Å². The topological polar surface area (TPSA) is 69.7 Å². The average molecular weight is 385 g/mol. The highest BCUT2D eigenvalue weighted by molar-refractivity contribution is 7.08. The second kappa shape index (κ2) is 8.81. The molecule has 2 aromatic rings. The summed E-state index contributed by atoms with van der Waals surface area (Å²) in [4.78, 5) is 39.9. The summed E-state index contributed by atoms with van der Waals surface area (Å²) in [7, 11) is 0. The van der Waals surface area contributed by atoms with E-state index in [1.54, 1.807) is 12.1 Å². The molecule has 3 rings (SSSR count). The molecule has 0 spiro atoms. The molecule has 0 bridgehead atoms. The predicted octanol–water partition coefficient (Wildman–Crippen LogP) is 2.62. The zero-order valence-corrected chi connectivity index (χ0v) is 16.1. The SMILES string of the molecule is CC(=O)Nc1ccc(CC(=O)N2CCCN(C(=O)c3ccsc3)CC2)cc1. The number of thiophene rings is 1. The molecular formula is C20H23N3O3S. The van der Waals surface area contributed by atoms with Gasteiger partial charge in [0.2, 0.25) is 11.8 Å². The van der Waals surface area contributed by atoms with Gasteiger partial charge in [-0.2, -0.15) is 11.3 Å². The highest BCUT2D eigenvalue weighted by atomic mass is 32.1. The van der Waals surface area contributed by atoms with Crippen LogP contribution in [0.4, 0.5) is 5.69 Å². The fourth-order valence-corrected chi connectivity index (χ4v) is 3.76. The highest BCUT2D eigenvalue weighted by Crippen LogP contribution is 2.14. The maximum Gasteiger partial charge on any atom is 0.254 e. The van der Waals surface area contributed by atoms with Crippen LogP contribution in [-0.2, 0) is 16.0 Å². The molecule has 1 aliphatic heterocycles. The van der Waals surface area contributed by atoms with E-state index < -0.39 is 0 Å². The average Bonchev–Trinajstić information content (AvgIpc) is 3.06. The van der Waals surface area contributed by atoms with Gasteiger partial charge in [-0.05, 0) is 35.6 Å². The van der Waals surface area contributed by atoms with Crippen LogP contribution in [0, 0.1) is 0 Å². The summed E-state index contributed by atoms with van der Waals surface area (Å²) in [5, 5.41) is 6.48. The summed E-state index contributed by atoms with van der Waals surface area (Å²) >= 11 is 1.51. The number of rotatable bonds is 4. The Morgan fingerprint density at radius 1 is 1.00 bits per heavy atom. The molecule has 1 N–H and O–H groups in total. The van der Waals surface area contributed by atoms with Crippen molar-refractivity contribution in [3.8, 4) is 0 Å². The molecule has 1 saturated heterocycles. The Balaban J connectivity index is 1.54. The quantitative estimate of drug-likeness (QED) is 0.880. The Hall–Kier alpha value is -2.67. The first-order valence-electron chi connectivity index (χ1n) is 8.99. The van der Waals surface area contributed by atoms with Crippen LogP contribution in [0.3, 0.4) is 0 Å². The predicted molar refractivity (Wildman–Crippen MR) is 106 cm³/mol. The van der Waals surface area contributed by atoms with Gasteiger partial charge in [-0.1, -0.05) is 12.1 Å². The van der Waals surface area contributed by atoms with Gasteiger partial charge >= 0.3 is 0 Å². The van der Waals surface area contributed by atoms with E-state index in [0.29, 0.717) is 32.6 Å². The molecule has 1 aromatic heterocycles. The van der Waals surface area contributed by atoms with Crippen molar-refractivity contribution in [3.63, 3.8) is 0 Å². The maximum absolute atomic E-state index is 12.6. The van der Waals surface area contributed by atoms with E-state index in [9.17, 15) is 14.4 Å². The smallest absolute Gasteiger partial charge is 0.254 e. The monoisotopic (exact) mass is 385 g/mol. The molecule has 7 heteroatoms. The molecule has 2 heterocycles. The Kier molecular flexibility index (Phi) is 6.24. The molecule has 3 amide bonds. The maximum atomic E-state index is 12.6. The van der Waals surface area contributed by atoms with Gasteiger partial charge in [-0.15, -0.1) is 0 Å². The van der Waals surface area contributed by atoms with Crippen molar-refractivity contribution < 1.29 is 14.4 Å². The van der Waals surface area contributed by atoms with E-state index in [4.69, 9.17) is 0 Å². The van der Waals surface area contributed by atoms with Crippen LogP contribution in [0.2, 0.25) is 0 Å².